The minimum Gasteiger partial charge on any atom is -0.313 e. The zero-order valence-corrected chi connectivity index (χ0v) is 13.1. The third-order valence-electron chi connectivity index (χ3n) is 4.35. The Hall–Kier alpha value is -1.01. The predicted molar refractivity (Wildman–Crippen MR) is 78.7 cm³/mol. The highest BCUT2D eigenvalue weighted by Crippen LogP contribution is 2.37. The number of hydrogen-bond donors (Lipinski definition) is 1. The molecule has 1 aliphatic rings. The van der Waals surface area contributed by atoms with E-state index in [1.807, 2.05) is 0 Å². The number of rotatable bonds is 4. The van der Waals surface area contributed by atoms with E-state index in [2.05, 4.69) is 5.32 Å². The lowest BCUT2D eigenvalue weighted by Crippen LogP contribution is -2.34. The Morgan fingerprint density at radius 3 is 2.57 bits per heavy atom. The average Bonchev–Trinajstić information content (AvgIpc) is 2.41. The van der Waals surface area contributed by atoms with Gasteiger partial charge in [-0.05, 0) is 38.3 Å². The van der Waals surface area contributed by atoms with Gasteiger partial charge in [0.05, 0.1) is 5.25 Å². The van der Waals surface area contributed by atoms with Gasteiger partial charge in [-0.25, -0.2) is 17.2 Å². The number of nitrogens with one attached hydrogen (secondary N) is 1. The van der Waals surface area contributed by atoms with Crippen molar-refractivity contribution in [1.82, 2.24) is 5.32 Å². The van der Waals surface area contributed by atoms with Gasteiger partial charge in [-0.15, -0.1) is 0 Å². The van der Waals surface area contributed by atoms with Crippen LogP contribution in [0, 0.1) is 17.6 Å². The van der Waals surface area contributed by atoms with E-state index in [-0.39, 0.29) is 17.2 Å². The van der Waals surface area contributed by atoms with E-state index in [0.717, 1.165) is 18.9 Å². The molecule has 3 atom stereocenters. The van der Waals surface area contributed by atoms with Gasteiger partial charge in [-0.3, -0.25) is 0 Å². The molecular weight excluding hydrogens is 296 g/mol. The Morgan fingerprint density at radius 1 is 1.29 bits per heavy atom. The summed E-state index contributed by atoms with van der Waals surface area (Å²) in [6, 6.07) is 3.25. The Kier molecular flexibility index (Phi) is 4.99. The Bertz CT molecular complexity index is 604. The van der Waals surface area contributed by atoms with Gasteiger partial charge in [0, 0.05) is 23.9 Å². The molecule has 1 saturated carbocycles. The molecule has 0 radical (unpaired) electrons. The molecule has 21 heavy (non-hydrogen) atoms. The van der Waals surface area contributed by atoms with Gasteiger partial charge in [0.1, 0.15) is 21.5 Å². The summed E-state index contributed by atoms with van der Waals surface area (Å²) < 4.78 is 50.5. The predicted octanol–water partition coefficient (Wildman–Crippen LogP) is 2.83. The molecule has 118 valence electrons. The quantitative estimate of drug-likeness (QED) is 0.929. The van der Waals surface area contributed by atoms with Gasteiger partial charge in [0.15, 0.2) is 0 Å². The van der Waals surface area contributed by atoms with Gasteiger partial charge in [-0.1, -0.05) is 12.5 Å². The number of hydrogen-bond acceptors (Lipinski definition) is 3. The van der Waals surface area contributed by atoms with Crippen molar-refractivity contribution >= 4 is 9.84 Å². The minimum absolute atomic E-state index is 0.0310. The van der Waals surface area contributed by atoms with E-state index in [9.17, 15) is 17.2 Å². The first kappa shape index (κ1) is 16.4. The molecule has 6 heteroatoms. The molecule has 0 aliphatic heterocycles. The summed E-state index contributed by atoms with van der Waals surface area (Å²) in [7, 11) is -1.36. The van der Waals surface area contributed by atoms with E-state index >= 15 is 0 Å². The summed E-state index contributed by atoms with van der Waals surface area (Å²) in [6.07, 6.45) is 4.09. The molecule has 0 bridgehead atoms. The lowest BCUT2D eigenvalue weighted by molar-refractivity contribution is 0.277. The maximum Gasteiger partial charge on any atom is 0.150 e. The lowest BCUT2D eigenvalue weighted by Gasteiger charge is -2.34. The smallest absolute Gasteiger partial charge is 0.150 e. The summed E-state index contributed by atoms with van der Waals surface area (Å²) in [5.74, 6) is -1.16. The summed E-state index contributed by atoms with van der Waals surface area (Å²) in [4.78, 5) is 0. The van der Waals surface area contributed by atoms with Crippen molar-refractivity contribution < 1.29 is 17.2 Å². The van der Waals surface area contributed by atoms with Crippen LogP contribution in [0.4, 0.5) is 8.78 Å². The van der Waals surface area contributed by atoms with Crippen molar-refractivity contribution in [3.05, 3.63) is 35.4 Å². The zero-order chi connectivity index (χ0) is 15.6. The van der Waals surface area contributed by atoms with Gasteiger partial charge in [0.25, 0.3) is 0 Å². The summed E-state index contributed by atoms with van der Waals surface area (Å²) in [5, 5.41) is 2.70. The molecule has 0 aromatic heterocycles. The maximum atomic E-state index is 14.0. The highest BCUT2D eigenvalue weighted by Gasteiger charge is 2.34. The Morgan fingerprint density at radius 2 is 2.00 bits per heavy atom. The SMILES string of the molecule is CNC(c1ccc(F)cc1F)C1CCCC(S(C)(=O)=O)C1. The van der Waals surface area contributed by atoms with Crippen molar-refractivity contribution in [3.63, 3.8) is 0 Å². The minimum atomic E-state index is -3.08. The number of halogens is 2. The van der Waals surface area contributed by atoms with Crippen molar-refractivity contribution in [2.24, 2.45) is 5.92 Å². The maximum absolute atomic E-state index is 14.0. The second-order valence-corrected chi connectivity index (χ2v) is 8.14. The lowest BCUT2D eigenvalue weighted by atomic mass is 9.80. The van der Waals surface area contributed by atoms with Crippen LogP contribution in [-0.4, -0.2) is 27.0 Å². The van der Waals surface area contributed by atoms with Gasteiger partial charge in [-0.2, -0.15) is 0 Å². The van der Waals surface area contributed by atoms with E-state index < -0.39 is 21.5 Å². The molecule has 3 nitrogen and oxygen atoms in total. The van der Waals surface area contributed by atoms with Crippen molar-refractivity contribution in [2.45, 2.75) is 37.0 Å². The first-order valence-electron chi connectivity index (χ1n) is 7.14. The van der Waals surface area contributed by atoms with Gasteiger partial charge in [0.2, 0.25) is 0 Å². The highest BCUT2D eigenvalue weighted by atomic mass is 32.2. The fourth-order valence-electron chi connectivity index (χ4n) is 3.27. The van der Waals surface area contributed by atoms with Crippen LogP contribution in [0.25, 0.3) is 0 Å². The highest BCUT2D eigenvalue weighted by molar-refractivity contribution is 7.91. The molecule has 0 saturated heterocycles. The van der Waals surface area contributed by atoms with E-state index in [0.29, 0.717) is 18.4 Å². The van der Waals surface area contributed by atoms with Crippen molar-refractivity contribution in [2.75, 3.05) is 13.3 Å². The summed E-state index contributed by atoms with van der Waals surface area (Å²) in [5.41, 5.74) is 0.401. The van der Waals surface area contributed by atoms with E-state index in [1.165, 1.54) is 18.4 Å². The molecule has 0 amide bonds. The van der Waals surface area contributed by atoms with Crippen LogP contribution in [0.15, 0.2) is 18.2 Å². The summed E-state index contributed by atoms with van der Waals surface area (Å²) in [6.45, 7) is 0. The van der Waals surface area contributed by atoms with E-state index in [1.54, 1.807) is 7.05 Å². The Labute approximate surface area is 124 Å². The van der Waals surface area contributed by atoms with Crippen LogP contribution < -0.4 is 5.32 Å². The first-order valence-corrected chi connectivity index (χ1v) is 9.09. The fraction of sp³-hybridized carbons (Fsp3) is 0.600. The normalized spacial score (nSPS) is 24.8. The number of sulfone groups is 1. The van der Waals surface area contributed by atoms with Crippen molar-refractivity contribution in [3.8, 4) is 0 Å². The molecule has 1 aliphatic carbocycles. The molecule has 2 rings (SSSR count). The topological polar surface area (TPSA) is 46.2 Å². The third-order valence-corrected chi connectivity index (χ3v) is 5.99. The molecular formula is C15H21F2NO2S. The zero-order valence-electron chi connectivity index (χ0n) is 12.3. The average molecular weight is 317 g/mol. The number of benzene rings is 1. The molecule has 3 unspecified atom stereocenters. The van der Waals surface area contributed by atoms with Gasteiger partial charge < -0.3 is 5.32 Å². The molecule has 1 aromatic rings. The van der Waals surface area contributed by atoms with Crippen LogP contribution in [-0.2, 0) is 9.84 Å². The molecule has 1 aromatic carbocycles. The third kappa shape index (κ3) is 3.80. The second-order valence-electron chi connectivity index (χ2n) is 5.81. The molecule has 0 heterocycles. The second kappa shape index (κ2) is 6.40. The fourth-order valence-corrected chi connectivity index (χ4v) is 4.46. The monoisotopic (exact) mass is 317 g/mol. The standard InChI is InChI=1S/C15H21F2NO2S/c1-18-15(13-7-6-11(16)9-14(13)17)10-4-3-5-12(8-10)21(2,19)20/h6-7,9-10,12,15,18H,3-5,8H2,1-2H3. The van der Waals surface area contributed by atoms with Crippen LogP contribution in [0.3, 0.4) is 0 Å². The van der Waals surface area contributed by atoms with Crippen LogP contribution in [0.5, 0.6) is 0 Å². The molecule has 1 N–H and O–H groups in total. The first-order chi connectivity index (χ1) is 9.82. The summed E-state index contributed by atoms with van der Waals surface area (Å²) >= 11 is 0. The van der Waals surface area contributed by atoms with E-state index in [4.69, 9.17) is 0 Å². The largest absolute Gasteiger partial charge is 0.313 e. The molecule has 1 fully saturated rings. The van der Waals surface area contributed by atoms with Crippen LogP contribution in [0.2, 0.25) is 0 Å². The Balaban J connectivity index is 2.24. The van der Waals surface area contributed by atoms with Gasteiger partial charge >= 0.3 is 0 Å². The van der Waals surface area contributed by atoms with Crippen molar-refractivity contribution in [1.29, 1.82) is 0 Å². The molecule has 0 spiro atoms. The van der Waals surface area contributed by atoms with Crippen LogP contribution >= 0.6 is 0 Å². The van der Waals surface area contributed by atoms with Crippen LogP contribution in [0.1, 0.15) is 37.3 Å².